The van der Waals surface area contributed by atoms with Crippen molar-refractivity contribution in [2.45, 2.75) is 19.4 Å². The lowest BCUT2D eigenvalue weighted by Gasteiger charge is -2.16. The first-order valence-corrected chi connectivity index (χ1v) is 7.97. The Labute approximate surface area is 140 Å². The van der Waals surface area contributed by atoms with E-state index in [1.807, 2.05) is 30.3 Å². The third kappa shape index (κ3) is 2.27. The van der Waals surface area contributed by atoms with Gasteiger partial charge in [-0.3, -0.25) is 4.79 Å². The fourth-order valence-electron chi connectivity index (χ4n) is 3.22. The highest BCUT2D eigenvalue weighted by Gasteiger charge is 2.24. The highest BCUT2D eigenvalue weighted by atomic mass is 16.5. The van der Waals surface area contributed by atoms with E-state index in [1.165, 1.54) is 5.39 Å². The Morgan fingerprint density at radius 3 is 2.83 bits per heavy atom. The SMILES string of the molecule is C=C[C@@H]1CC(=O)Nc2cccc(-c3[nH]c4ccccc4c3C)c2O1. The van der Waals surface area contributed by atoms with Crippen LogP contribution < -0.4 is 10.1 Å². The summed E-state index contributed by atoms with van der Waals surface area (Å²) in [4.78, 5) is 15.5. The monoisotopic (exact) mass is 318 g/mol. The van der Waals surface area contributed by atoms with Crippen LogP contribution in [0.4, 0.5) is 5.69 Å². The molecule has 4 heteroatoms. The molecule has 1 atom stereocenters. The van der Waals surface area contributed by atoms with Crippen LogP contribution in [0, 0.1) is 6.92 Å². The molecule has 24 heavy (non-hydrogen) atoms. The first kappa shape index (κ1) is 14.6. The van der Waals surface area contributed by atoms with E-state index in [2.05, 4.69) is 35.9 Å². The maximum Gasteiger partial charge on any atom is 0.228 e. The lowest BCUT2D eigenvalue weighted by atomic mass is 10.0. The molecule has 0 aliphatic carbocycles. The van der Waals surface area contributed by atoms with Gasteiger partial charge >= 0.3 is 0 Å². The van der Waals surface area contributed by atoms with Gasteiger partial charge in [0.2, 0.25) is 5.91 Å². The third-order valence-electron chi connectivity index (χ3n) is 4.44. The van der Waals surface area contributed by atoms with Crippen LogP contribution in [0.15, 0.2) is 55.1 Å². The number of amides is 1. The second kappa shape index (κ2) is 5.57. The van der Waals surface area contributed by atoms with Crippen molar-refractivity contribution in [3.63, 3.8) is 0 Å². The molecule has 120 valence electrons. The molecule has 2 heterocycles. The molecule has 1 amide bonds. The zero-order valence-electron chi connectivity index (χ0n) is 13.4. The van der Waals surface area contributed by atoms with Gasteiger partial charge in [-0.25, -0.2) is 0 Å². The van der Waals surface area contributed by atoms with E-state index in [-0.39, 0.29) is 18.4 Å². The van der Waals surface area contributed by atoms with Crippen LogP contribution in [0.1, 0.15) is 12.0 Å². The molecule has 1 aliphatic rings. The number of carbonyl (C=O) groups is 1. The number of nitrogens with one attached hydrogen (secondary N) is 2. The fourth-order valence-corrected chi connectivity index (χ4v) is 3.22. The minimum Gasteiger partial charge on any atom is -0.483 e. The Morgan fingerprint density at radius 1 is 1.21 bits per heavy atom. The summed E-state index contributed by atoms with van der Waals surface area (Å²) in [5.41, 5.74) is 4.89. The molecule has 3 aromatic rings. The summed E-state index contributed by atoms with van der Waals surface area (Å²) in [6.45, 7) is 5.87. The zero-order valence-corrected chi connectivity index (χ0v) is 13.4. The average Bonchev–Trinajstić information content (AvgIpc) is 2.82. The van der Waals surface area contributed by atoms with Crippen molar-refractivity contribution >= 4 is 22.5 Å². The Balaban J connectivity index is 1.93. The molecule has 0 fully saturated rings. The van der Waals surface area contributed by atoms with Gasteiger partial charge in [0.15, 0.2) is 5.75 Å². The van der Waals surface area contributed by atoms with E-state index in [9.17, 15) is 4.79 Å². The van der Waals surface area contributed by atoms with E-state index >= 15 is 0 Å². The first-order valence-electron chi connectivity index (χ1n) is 7.97. The molecule has 0 unspecified atom stereocenters. The van der Waals surface area contributed by atoms with Gasteiger partial charge in [0.1, 0.15) is 6.10 Å². The number of hydrogen-bond donors (Lipinski definition) is 2. The number of aromatic amines is 1. The molecule has 0 bridgehead atoms. The molecule has 1 aromatic heterocycles. The molecule has 2 N–H and O–H groups in total. The number of para-hydroxylation sites is 2. The van der Waals surface area contributed by atoms with E-state index in [1.54, 1.807) is 6.08 Å². The van der Waals surface area contributed by atoms with Crippen LogP contribution >= 0.6 is 0 Å². The van der Waals surface area contributed by atoms with Gasteiger partial charge < -0.3 is 15.0 Å². The van der Waals surface area contributed by atoms with Gasteiger partial charge in [0.05, 0.1) is 17.8 Å². The van der Waals surface area contributed by atoms with Crippen molar-refractivity contribution in [2.24, 2.45) is 0 Å². The summed E-state index contributed by atoms with van der Waals surface area (Å²) in [5.74, 6) is 0.618. The molecule has 4 nitrogen and oxygen atoms in total. The molecular formula is C20H18N2O2. The van der Waals surface area contributed by atoms with Crippen LogP contribution in [0.3, 0.4) is 0 Å². The Bertz CT molecular complexity index is 955. The number of aryl methyl sites for hydroxylation is 1. The number of ether oxygens (including phenoxy) is 1. The van der Waals surface area contributed by atoms with Gasteiger partial charge in [0, 0.05) is 16.5 Å². The molecule has 2 aromatic carbocycles. The number of anilines is 1. The van der Waals surface area contributed by atoms with E-state index in [0.29, 0.717) is 11.4 Å². The number of rotatable bonds is 2. The van der Waals surface area contributed by atoms with Crippen molar-refractivity contribution in [2.75, 3.05) is 5.32 Å². The van der Waals surface area contributed by atoms with Crippen LogP contribution in [0.25, 0.3) is 22.2 Å². The quantitative estimate of drug-likeness (QED) is 0.687. The van der Waals surface area contributed by atoms with E-state index < -0.39 is 0 Å². The van der Waals surface area contributed by atoms with Gasteiger partial charge in [-0.2, -0.15) is 0 Å². The summed E-state index contributed by atoms with van der Waals surface area (Å²) < 4.78 is 6.09. The lowest BCUT2D eigenvalue weighted by molar-refractivity contribution is -0.117. The smallest absolute Gasteiger partial charge is 0.228 e. The summed E-state index contributed by atoms with van der Waals surface area (Å²) in [6, 6.07) is 14.0. The second-order valence-corrected chi connectivity index (χ2v) is 6.00. The number of carbonyl (C=O) groups excluding carboxylic acids is 1. The molecular weight excluding hydrogens is 300 g/mol. The van der Waals surface area contributed by atoms with Crippen molar-refractivity contribution in [3.05, 3.63) is 60.7 Å². The second-order valence-electron chi connectivity index (χ2n) is 6.00. The number of benzene rings is 2. The number of fused-ring (bicyclic) bond motifs is 2. The first-order chi connectivity index (χ1) is 11.7. The van der Waals surface area contributed by atoms with E-state index in [0.717, 1.165) is 22.3 Å². The summed E-state index contributed by atoms with van der Waals surface area (Å²) in [7, 11) is 0. The lowest BCUT2D eigenvalue weighted by Crippen LogP contribution is -2.18. The topological polar surface area (TPSA) is 54.1 Å². The van der Waals surface area contributed by atoms with Crippen molar-refractivity contribution in [1.29, 1.82) is 0 Å². The maximum absolute atomic E-state index is 12.0. The summed E-state index contributed by atoms with van der Waals surface area (Å²) in [6.07, 6.45) is 1.60. The highest BCUT2D eigenvalue weighted by molar-refractivity contribution is 5.97. The Kier molecular flexibility index (Phi) is 3.38. The standard InChI is InChI=1S/C20H18N2O2/c1-3-13-11-18(23)21-17-10-6-8-15(20(17)24-13)19-12(2)14-7-4-5-9-16(14)22-19/h3-10,13,22H,1,11H2,2H3,(H,21,23)/t13-/m1/s1. The Morgan fingerprint density at radius 2 is 2.04 bits per heavy atom. The van der Waals surface area contributed by atoms with Crippen LogP contribution in [-0.2, 0) is 4.79 Å². The van der Waals surface area contributed by atoms with Crippen LogP contribution in [-0.4, -0.2) is 17.0 Å². The van der Waals surface area contributed by atoms with Crippen molar-refractivity contribution < 1.29 is 9.53 Å². The minimum atomic E-state index is -0.336. The van der Waals surface area contributed by atoms with Crippen molar-refractivity contribution in [3.8, 4) is 17.0 Å². The Hall–Kier alpha value is -3.01. The predicted octanol–water partition coefficient (Wildman–Crippen LogP) is 4.42. The van der Waals surface area contributed by atoms with Gasteiger partial charge in [-0.1, -0.05) is 36.9 Å². The predicted molar refractivity (Wildman–Crippen MR) is 96.3 cm³/mol. The highest BCUT2D eigenvalue weighted by Crippen LogP contribution is 2.41. The number of aromatic nitrogens is 1. The maximum atomic E-state index is 12.0. The van der Waals surface area contributed by atoms with Crippen LogP contribution in [0.2, 0.25) is 0 Å². The molecule has 1 aliphatic heterocycles. The molecule has 0 radical (unpaired) electrons. The number of hydrogen-bond acceptors (Lipinski definition) is 2. The van der Waals surface area contributed by atoms with Gasteiger partial charge in [-0.05, 0) is 30.7 Å². The van der Waals surface area contributed by atoms with Gasteiger partial charge in [-0.15, -0.1) is 0 Å². The largest absolute Gasteiger partial charge is 0.483 e. The van der Waals surface area contributed by atoms with Gasteiger partial charge in [0.25, 0.3) is 0 Å². The average molecular weight is 318 g/mol. The molecule has 0 spiro atoms. The van der Waals surface area contributed by atoms with Crippen molar-refractivity contribution in [1.82, 2.24) is 4.98 Å². The van der Waals surface area contributed by atoms with Crippen LogP contribution in [0.5, 0.6) is 5.75 Å². The minimum absolute atomic E-state index is 0.0656. The zero-order chi connectivity index (χ0) is 16.7. The summed E-state index contributed by atoms with van der Waals surface area (Å²) in [5, 5.41) is 4.11. The molecule has 0 saturated heterocycles. The number of H-pyrrole nitrogens is 1. The summed E-state index contributed by atoms with van der Waals surface area (Å²) >= 11 is 0. The molecule has 4 rings (SSSR count). The fraction of sp³-hybridized carbons (Fsp3) is 0.150. The van der Waals surface area contributed by atoms with E-state index in [4.69, 9.17) is 4.74 Å². The normalized spacial score (nSPS) is 16.9. The molecule has 0 saturated carbocycles. The third-order valence-corrected chi connectivity index (χ3v) is 4.44.